The Hall–Kier alpha value is -3.00. The van der Waals surface area contributed by atoms with Gasteiger partial charge < -0.3 is 5.32 Å². The van der Waals surface area contributed by atoms with Crippen LogP contribution >= 0.6 is 11.8 Å². The van der Waals surface area contributed by atoms with E-state index in [2.05, 4.69) is 15.3 Å². The third-order valence-electron chi connectivity index (χ3n) is 4.19. The van der Waals surface area contributed by atoms with Gasteiger partial charge in [-0.15, -0.1) is 0 Å². The molecule has 0 radical (unpaired) electrons. The van der Waals surface area contributed by atoms with Gasteiger partial charge in [-0.05, 0) is 18.4 Å². The molecule has 1 aliphatic rings. The minimum atomic E-state index is -0.844. The van der Waals surface area contributed by atoms with Gasteiger partial charge in [0.25, 0.3) is 0 Å². The standard InChI is InChI=1S/C19H14F2N4OS/c1-27-18-23-15(11-6-3-2-4-7-11)12-10-22-19(26)25(17(12)24-18)16-13(20)8-5-9-14(16)21/h2-9H,10H2,1H3,(H,22,26). The molecule has 0 saturated heterocycles. The van der Waals surface area contributed by atoms with E-state index < -0.39 is 23.4 Å². The lowest BCUT2D eigenvalue weighted by atomic mass is 10.0. The zero-order valence-corrected chi connectivity index (χ0v) is 15.1. The molecule has 0 aliphatic carbocycles. The zero-order valence-electron chi connectivity index (χ0n) is 14.2. The van der Waals surface area contributed by atoms with Crippen LogP contribution in [-0.4, -0.2) is 22.3 Å². The van der Waals surface area contributed by atoms with Crippen molar-refractivity contribution in [3.05, 3.63) is 65.7 Å². The molecule has 0 fully saturated rings. The quantitative estimate of drug-likeness (QED) is 0.533. The van der Waals surface area contributed by atoms with Gasteiger partial charge >= 0.3 is 6.03 Å². The predicted molar refractivity (Wildman–Crippen MR) is 100.0 cm³/mol. The van der Waals surface area contributed by atoms with E-state index in [4.69, 9.17) is 0 Å². The number of hydrogen-bond donors (Lipinski definition) is 1. The van der Waals surface area contributed by atoms with E-state index in [-0.39, 0.29) is 12.4 Å². The maximum absolute atomic E-state index is 14.4. The average molecular weight is 384 g/mol. The van der Waals surface area contributed by atoms with Crippen molar-refractivity contribution in [3.63, 3.8) is 0 Å². The fourth-order valence-corrected chi connectivity index (χ4v) is 3.34. The van der Waals surface area contributed by atoms with E-state index in [1.807, 2.05) is 30.3 Å². The number of thioether (sulfide) groups is 1. The molecule has 0 saturated carbocycles. The summed E-state index contributed by atoms with van der Waals surface area (Å²) in [7, 11) is 0. The van der Waals surface area contributed by atoms with Crippen molar-refractivity contribution in [1.82, 2.24) is 15.3 Å². The summed E-state index contributed by atoms with van der Waals surface area (Å²) < 4.78 is 28.8. The van der Waals surface area contributed by atoms with Crippen molar-refractivity contribution in [2.24, 2.45) is 0 Å². The van der Waals surface area contributed by atoms with Crippen LogP contribution in [-0.2, 0) is 6.54 Å². The fourth-order valence-electron chi connectivity index (χ4n) is 2.98. The van der Waals surface area contributed by atoms with E-state index in [1.54, 1.807) is 6.26 Å². The van der Waals surface area contributed by atoms with Crippen molar-refractivity contribution in [1.29, 1.82) is 0 Å². The highest BCUT2D eigenvalue weighted by Gasteiger charge is 2.33. The first-order chi connectivity index (χ1) is 13.1. The van der Waals surface area contributed by atoms with Crippen LogP contribution in [0.3, 0.4) is 0 Å². The second kappa shape index (κ2) is 6.96. The molecular formula is C19H14F2N4OS. The molecule has 0 atom stereocenters. The first kappa shape index (κ1) is 17.4. The van der Waals surface area contributed by atoms with Crippen LogP contribution in [0.4, 0.5) is 25.1 Å². The number of urea groups is 1. The third-order valence-corrected chi connectivity index (χ3v) is 4.73. The number of nitrogens with one attached hydrogen (secondary N) is 1. The average Bonchev–Trinajstić information content (AvgIpc) is 2.69. The molecular weight excluding hydrogens is 370 g/mol. The number of para-hydroxylation sites is 1. The van der Waals surface area contributed by atoms with Crippen molar-refractivity contribution >= 4 is 29.3 Å². The number of carbonyl (C=O) groups is 1. The Morgan fingerprint density at radius 2 is 1.74 bits per heavy atom. The van der Waals surface area contributed by atoms with Crippen LogP contribution in [0.15, 0.2) is 53.7 Å². The highest BCUT2D eigenvalue weighted by atomic mass is 32.2. The topological polar surface area (TPSA) is 58.1 Å². The van der Waals surface area contributed by atoms with Crippen molar-refractivity contribution < 1.29 is 13.6 Å². The van der Waals surface area contributed by atoms with Gasteiger partial charge in [-0.2, -0.15) is 0 Å². The van der Waals surface area contributed by atoms with Crippen molar-refractivity contribution in [3.8, 4) is 11.3 Å². The molecule has 136 valence electrons. The smallest absolute Gasteiger partial charge is 0.328 e. The number of benzene rings is 2. The van der Waals surface area contributed by atoms with Gasteiger partial charge in [0.1, 0.15) is 17.3 Å². The maximum Gasteiger partial charge on any atom is 0.328 e. The predicted octanol–water partition coefficient (Wildman–Crippen LogP) is 4.51. The van der Waals surface area contributed by atoms with Crippen LogP contribution in [0.1, 0.15) is 5.56 Å². The van der Waals surface area contributed by atoms with Crippen molar-refractivity contribution in [2.45, 2.75) is 11.7 Å². The number of hydrogen-bond acceptors (Lipinski definition) is 4. The summed E-state index contributed by atoms with van der Waals surface area (Å²) in [5, 5.41) is 3.06. The van der Waals surface area contributed by atoms with E-state index in [0.29, 0.717) is 16.4 Å². The summed E-state index contributed by atoms with van der Waals surface area (Å²) >= 11 is 1.29. The number of aromatic nitrogens is 2. The third kappa shape index (κ3) is 3.02. The van der Waals surface area contributed by atoms with Gasteiger partial charge in [-0.3, -0.25) is 0 Å². The number of fused-ring (bicyclic) bond motifs is 1. The minimum absolute atomic E-state index is 0.166. The molecule has 1 aromatic heterocycles. The summed E-state index contributed by atoms with van der Waals surface area (Å²) in [6, 6.07) is 12.2. The molecule has 5 nitrogen and oxygen atoms in total. The molecule has 3 aromatic rings. The SMILES string of the molecule is CSc1nc(-c2ccccc2)c2c(n1)N(c1c(F)cccc1F)C(=O)NC2. The van der Waals surface area contributed by atoms with E-state index in [9.17, 15) is 13.6 Å². The van der Waals surface area contributed by atoms with E-state index in [1.165, 1.54) is 17.8 Å². The summed E-state index contributed by atoms with van der Waals surface area (Å²) in [6.45, 7) is 0.166. The molecule has 0 unspecified atom stereocenters. The van der Waals surface area contributed by atoms with Crippen LogP contribution < -0.4 is 10.2 Å². The molecule has 2 aromatic carbocycles. The Morgan fingerprint density at radius 1 is 1.04 bits per heavy atom. The van der Waals surface area contributed by atoms with Gasteiger partial charge in [0.2, 0.25) is 0 Å². The highest BCUT2D eigenvalue weighted by Crippen LogP contribution is 2.38. The summed E-state index contributed by atoms with van der Waals surface area (Å²) in [5.74, 6) is -1.51. The molecule has 8 heteroatoms. The van der Waals surface area contributed by atoms with Gasteiger partial charge in [-0.1, -0.05) is 48.2 Å². The molecule has 1 N–H and O–H groups in total. The molecule has 2 heterocycles. The minimum Gasteiger partial charge on any atom is -0.333 e. The summed E-state index contributed by atoms with van der Waals surface area (Å²) in [6.07, 6.45) is 1.80. The number of anilines is 2. The maximum atomic E-state index is 14.4. The normalized spacial score (nSPS) is 13.3. The first-order valence-electron chi connectivity index (χ1n) is 8.12. The molecule has 4 rings (SSSR count). The lowest BCUT2D eigenvalue weighted by molar-refractivity contribution is 0.246. The van der Waals surface area contributed by atoms with Crippen LogP contribution in [0, 0.1) is 11.6 Å². The van der Waals surface area contributed by atoms with E-state index >= 15 is 0 Å². The Bertz CT molecular complexity index is 1010. The Labute approximate surface area is 158 Å². The molecule has 2 amide bonds. The Balaban J connectivity index is 1.99. The number of rotatable bonds is 3. The van der Waals surface area contributed by atoms with Crippen LogP contribution in [0.2, 0.25) is 0 Å². The Morgan fingerprint density at radius 3 is 2.41 bits per heavy atom. The van der Waals surface area contributed by atoms with Crippen molar-refractivity contribution in [2.75, 3.05) is 11.2 Å². The summed E-state index contributed by atoms with van der Waals surface area (Å²) in [4.78, 5) is 22.4. The zero-order chi connectivity index (χ0) is 19.0. The van der Waals surface area contributed by atoms with Gasteiger partial charge in [0.15, 0.2) is 11.0 Å². The number of amides is 2. The van der Waals surface area contributed by atoms with Gasteiger partial charge in [0.05, 0.1) is 12.2 Å². The molecule has 0 bridgehead atoms. The lowest BCUT2D eigenvalue weighted by Gasteiger charge is -2.30. The summed E-state index contributed by atoms with van der Waals surface area (Å²) in [5.41, 5.74) is 1.59. The number of carbonyl (C=O) groups excluding carboxylic acids is 1. The van der Waals surface area contributed by atoms with E-state index in [0.717, 1.165) is 22.6 Å². The molecule has 0 spiro atoms. The number of halogens is 2. The van der Waals surface area contributed by atoms with Gasteiger partial charge in [-0.25, -0.2) is 28.4 Å². The second-order valence-corrected chi connectivity index (χ2v) is 6.56. The van der Waals surface area contributed by atoms with Gasteiger partial charge in [0, 0.05) is 11.1 Å². The largest absolute Gasteiger partial charge is 0.333 e. The highest BCUT2D eigenvalue weighted by molar-refractivity contribution is 7.98. The van der Waals surface area contributed by atoms with Crippen LogP contribution in [0.5, 0.6) is 0 Å². The first-order valence-corrected chi connectivity index (χ1v) is 9.35. The molecule has 1 aliphatic heterocycles. The fraction of sp³-hybridized carbons (Fsp3) is 0.105. The lowest BCUT2D eigenvalue weighted by Crippen LogP contribution is -2.43. The number of nitrogens with zero attached hydrogens (tertiary/aromatic N) is 3. The second-order valence-electron chi connectivity index (χ2n) is 5.79. The Kier molecular flexibility index (Phi) is 4.49. The monoisotopic (exact) mass is 384 g/mol. The molecule has 27 heavy (non-hydrogen) atoms. The van der Waals surface area contributed by atoms with Crippen LogP contribution in [0.25, 0.3) is 11.3 Å².